The maximum absolute atomic E-state index is 4.43. The van der Waals surface area contributed by atoms with Crippen LogP contribution < -0.4 is 0 Å². The molecule has 2 unspecified atom stereocenters. The highest BCUT2D eigenvalue weighted by atomic mass is 14.4. The van der Waals surface area contributed by atoms with Gasteiger partial charge in [-0.1, -0.05) is 112 Å². The van der Waals surface area contributed by atoms with Crippen molar-refractivity contribution in [3.63, 3.8) is 0 Å². The lowest BCUT2D eigenvalue weighted by atomic mass is 9.69. The van der Waals surface area contributed by atoms with E-state index in [2.05, 4.69) is 101 Å². The monoisotopic (exact) mass is 462 g/mol. The van der Waals surface area contributed by atoms with Gasteiger partial charge in [-0.3, -0.25) is 0 Å². The Morgan fingerprint density at radius 3 is 2.43 bits per heavy atom. The lowest BCUT2D eigenvalue weighted by molar-refractivity contribution is 0.150. The molecule has 5 rings (SSSR count). The Kier molecular flexibility index (Phi) is 6.75. The molecule has 5 aliphatic carbocycles. The first-order chi connectivity index (χ1) is 16.8. The molecule has 0 aromatic carbocycles. The van der Waals surface area contributed by atoms with Gasteiger partial charge < -0.3 is 0 Å². The van der Waals surface area contributed by atoms with Crippen molar-refractivity contribution >= 4 is 0 Å². The zero-order valence-electron chi connectivity index (χ0n) is 22.0. The molecule has 0 saturated heterocycles. The Morgan fingerprint density at radius 2 is 1.66 bits per heavy atom. The van der Waals surface area contributed by atoms with Gasteiger partial charge in [0.05, 0.1) is 0 Å². The molecule has 182 valence electrons. The first kappa shape index (κ1) is 24.1. The second-order valence-electron chi connectivity index (χ2n) is 12.4. The molecule has 0 aliphatic heterocycles. The second-order valence-corrected chi connectivity index (χ2v) is 12.4. The molecule has 5 aliphatic rings. The van der Waals surface area contributed by atoms with E-state index in [1.54, 1.807) is 5.57 Å². The number of rotatable bonds is 6. The van der Waals surface area contributed by atoms with E-state index in [9.17, 15) is 0 Å². The van der Waals surface area contributed by atoms with E-state index in [1.165, 1.54) is 65.5 Å². The van der Waals surface area contributed by atoms with Gasteiger partial charge in [0.25, 0.3) is 0 Å². The van der Waals surface area contributed by atoms with Crippen LogP contribution in [0.4, 0.5) is 0 Å². The van der Waals surface area contributed by atoms with Crippen molar-refractivity contribution < 1.29 is 0 Å². The quantitative estimate of drug-likeness (QED) is 0.368. The van der Waals surface area contributed by atoms with Crippen molar-refractivity contribution in [1.29, 1.82) is 0 Å². The van der Waals surface area contributed by atoms with Gasteiger partial charge in [-0.05, 0) is 90.1 Å². The zero-order chi connectivity index (χ0) is 24.6. The highest BCUT2D eigenvalue weighted by Gasteiger charge is 2.30. The van der Waals surface area contributed by atoms with E-state index in [1.807, 2.05) is 0 Å². The molecule has 0 radical (unpaired) electrons. The fourth-order valence-electron chi connectivity index (χ4n) is 6.52. The molecule has 0 nitrogen and oxygen atoms in total. The first-order valence-electron chi connectivity index (χ1n) is 13.7. The minimum absolute atomic E-state index is 0.336. The van der Waals surface area contributed by atoms with Crippen LogP contribution in [-0.2, 0) is 0 Å². The number of hydrogen-bond donors (Lipinski definition) is 0. The zero-order valence-corrected chi connectivity index (χ0v) is 22.0. The molecule has 2 atom stereocenters. The normalized spacial score (nSPS) is 29.6. The molecule has 0 spiro atoms. The SMILES string of the molecule is C=C(CCC1=CC2C=C(CC3CCC(C(C)(C)C)CC3)C=CC2=C1)C1=CC(=C)C2C=CC=CC2=C1. The van der Waals surface area contributed by atoms with Crippen LogP contribution in [0.15, 0.2) is 119 Å². The summed E-state index contributed by atoms with van der Waals surface area (Å²) in [4.78, 5) is 0. The molecule has 0 heterocycles. The number of allylic oxidation sites excluding steroid dienone is 18. The summed E-state index contributed by atoms with van der Waals surface area (Å²) in [6, 6.07) is 0. The lowest BCUT2D eigenvalue weighted by Gasteiger charge is -2.37. The van der Waals surface area contributed by atoms with Crippen LogP contribution in [0, 0.1) is 29.1 Å². The van der Waals surface area contributed by atoms with E-state index >= 15 is 0 Å². The van der Waals surface area contributed by atoms with Crippen LogP contribution in [0.5, 0.6) is 0 Å². The van der Waals surface area contributed by atoms with Gasteiger partial charge in [0.2, 0.25) is 0 Å². The van der Waals surface area contributed by atoms with Crippen LogP contribution in [0.25, 0.3) is 0 Å². The molecular weight excluding hydrogens is 420 g/mol. The van der Waals surface area contributed by atoms with E-state index < -0.39 is 0 Å². The highest BCUT2D eigenvalue weighted by Crippen LogP contribution is 2.43. The molecule has 0 bridgehead atoms. The molecule has 0 aromatic heterocycles. The average molecular weight is 463 g/mol. The van der Waals surface area contributed by atoms with Crippen molar-refractivity contribution in [3.8, 4) is 0 Å². The minimum atomic E-state index is 0.336. The van der Waals surface area contributed by atoms with Crippen LogP contribution in [0.2, 0.25) is 0 Å². The van der Waals surface area contributed by atoms with E-state index in [-0.39, 0.29) is 0 Å². The van der Waals surface area contributed by atoms with Gasteiger partial charge in [0.1, 0.15) is 0 Å². The van der Waals surface area contributed by atoms with Crippen molar-refractivity contribution in [2.24, 2.45) is 29.1 Å². The Balaban J connectivity index is 1.15. The van der Waals surface area contributed by atoms with Gasteiger partial charge in [-0.2, -0.15) is 0 Å². The Morgan fingerprint density at radius 1 is 0.886 bits per heavy atom. The third kappa shape index (κ3) is 5.48. The van der Waals surface area contributed by atoms with E-state index in [4.69, 9.17) is 0 Å². The Bertz CT molecular complexity index is 1130. The van der Waals surface area contributed by atoms with Crippen LogP contribution in [0.3, 0.4) is 0 Å². The average Bonchev–Trinajstić information content (AvgIpc) is 3.24. The van der Waals surface area contributed by atoms with Crippen LogP contribution in [-0.4, -0.2) is 0 Å². The molecule has 0 N–H and O–H groups in total. The Labute approximate surface area is 213 Å². The van der Waals surface area contributed by atoms with Crippen molar-refractivity contribution in [1.82, 2.24) is 0 Å². The van der Waals surface area contributed by atoms with Crippen LogP contribution >= 0.6 is 0 Å². The number of fused-ring (bicyclic) bond motifs is 2. The maximum atomic E-state index is 4.43. The third-order valence-corrected chi connectivity index (χ3v) is 8.86. The fourth-order valence-corrected chi connectivity index (χ4v) is 6.52. The molecule has 1 saturated carbocycles. The summed E-state index contributed by atoms with van der Waals surface area (Å²) in [5.74, 6) is 2.57. The van der Waals surface area contributed by atoms with Crippen molar-refractivity contribution in [2.75, 3.05) is 0 Å². The molecule has 0 amide bonds. The smallest absolute Gasteiger partial charge is 0.0267 e. The second kappa shape index (κ2) is 9.81. The van der Waals surface area contributed by atoms with Crippen molar-refractivity contribution in [2.45, 2.75) is 65.7 Å². The standard InChI is InChI=1S/C35H42/c1-24(31-18-25(2)34-9-7-6-8-30(34)23-31)10-11-28-20-29-15-12-27(21-32(29)22-28)19-26-13-16-33(17-14-26)35(3,4)5/h6-9,12,15,18,20-23,26,32-34H,1-2,10-11,13-14,16-17,19H2,3-5H3. The van der Waals surface area contributed by atoms with Gasteiger partial charge >= 0.3 is 0 Å². The highest BCUT2D eigenvalue weighted by molar-refractivity contribution is 5.57. The summed E-state index contributed by atoms with van der Waals surface area (Å²) >= 11 is 0. The van der Waals surface area contributed by atoms with Gasteiger partial charge in [0, 0.05) is 11.8 Å². The summed E-state index contributed by atoms with van der Waals surface area (Å²) in [7, 11) is 0. The number of hydrogen-bond acceptors (Lipinski definition) is 0. The predicted octanol–water partition coefficient (Wildman–Crippen LogP) is 9.71. The molecule has 35 heavy (non-hydrogen) atoms. The van der Waals surface area contributed by atoms with E-state index in [0.717, 1.165) is 24.7 Å². The summed E-state index contributed by atoms with van der Waals surface area (Å²) in [5, 5.41) is 0. The van der Waals surface area contributed by atoms with Gasteiger partial charge in [0.15, 0.2) is 0 Å². The maximum Gasteiger partial charge on any atom is 0.0267 e. The van der Waals surface area contributed by atoms with Crippen LogP contribution in [0.1, 0.15) is 65.7 Å². The molecular formula is C35H42. The summed E-state index contributed by atoms with van der Waals surface area (Å²) < 4.78 is 0. The van der Waals surface area contributed by atoms with E-state index in [0.29, 0.717) is 17.3 Å². The minimum Gasteiger partial charge on any atom is -0.0952 e. The lowest BCUT2D eigenvalue weighted by Crippen LogP contribution is -2.26. The molecule has 0 aromatic rings. The largest absolute Gasteiger partial charge is 0.0952 e. The molecule has 1 fully saturated rings. The Hall–Kier alpha value is -2.60. The fraction of sp³-hybridized carbons (Fsp3) is 0.429. The summed E-state index contributed by atoms with van der Waals surface area (Å²) in [5.41, 5.74) is 9.90. The van der Waals surface area contributed by atoms with Gasteiger partial charge in [-0.15, -0.1) is 0 Å². The van der Waals surface area contributed by atoms with Gasteiger partial charge in [-0.25, -0.2) is 0 Å². The van der Waals surface area contributed by atoms with Crippen molar-refractivity contribution in [3.05, 3.63) is 119 Å². The summed E-state index contributed by atoms with van der Waals surface area (Å²) in [6.07, 6.45) is 34.3. The summed E-state index contributed by atoms with van der Waals surface area (Å²) in [6.45, 7) is 16.0. The predicted molar refractivity (Wildman–Crippen MR) is 152 cm³/mol. The first-order valence-corrected chi connectivity index (χ1v) is 13.7. The topological polar surface area (TPSA) is 0 Å². The third-order valence-electron chi connectivity index (χ3n) is 8.86. The molecule has 0 heteroatoms.